The number of aromatic nitrogens is 1. The van der Waals surface area contributed by atoms with E-state index in [-0.39, 0.29) is 0 Å². The largest absolute Gasteiger partial charge is 0.320 e. The zero-order valence-electron chi connectivity index (χ0n) is 9.32. The van der Waals surface area contributed by atoms with Crippen molar-refractivity contribution in [3.8, 4) is 0 Å². The predicted octanol–water partition coefficient (Wildman–Crippen LogP) is 3.23. The molecule has 0 spiro atoms. The first-order chi connectivity index (χ1) is 8.09. The minimum absolute atomic E-state index is 0.394. The van der Waals surface area contributed by atoms with Crippen LogP contribution in [0, 0.1) is 12.7 Å². The van der Waals surface area contributed by atoms with Crippen molar-refractivity contribution in [3.05, 3.63) is 64.2 Å². The van der Waals surface area contributed by atoms with Gasteiger partial charge in [-0.15, -0.1) is 0 Å². The Morgan fingerprint density at radius 1 is 1.29 bits per heavy atom. The molecule has 1 atom stereocenters. The second-order valence-corrected chi connectivity index (χ2v) is 4.31. The fourth-order valence-electron chi connectivity index (χ4n) is 1.69. The van der Waals surface area contributed by atoms with Crippen LogP contribution >= 0.6 is 11.6 Å². The Hall–Kier alpha value is -1.45. The second-order valence-electron chi connectivity index (χ2n) is 3.90. The molecule has 0 aliphatic rings. The number of rotatable bonds is 2. The first-order valence-electron chi connectivity index (χ1n) is 5.20. The number of aryl methyl sites for hydroxylation is 1. The lowest BCUT2D eigenvalue weighted by atomic mass is 9.99. The normalized spacial score (nSPS) is 12.5. The first-order valence-corrected chi connectivity index (χ1v) is 5.58. The van der Waals surface area contributed by atoms with Crippen LogP contribution < -0.4 is 5.73 Å². The Bertz CT molecular complexity index is 543. The molecule has 0 amide bonds. The summed E-state index contributed by atoms with van der Waals surface area (Å²) in [4.78, 5) is 3.69. The minimum Gasteiger partial charge on any atom is -0.320 e. The molecular formula is C13H12ClFN2. The maximum absolute atomic E-state index is 13.6. The highest BCUT2D eigenvalue weighted by molar-refractivity contribution is 6.31. The Morgan fingerprint density at radius 2 is 2.06 bits per heavy atom. The maximum atomic E-state index is 13.6. The van der Waals surface area contributed by atoms with Crippen LogP contribution in [0.2, 0.25) is 5.02 Å². The van der Waals surface area contributed by atoms with Crippen LogP contribution in [0.15, 0.2) is 36.7 Å². The Balaban J connectivity index is 2.44. The van der Waals surface area contributed by atoms with Gasteiger partial charge in [0.15, 0.2) is 0 Å². The van der Waals surface area contributed by atoms with Gasteiger partial charge in [0.05, 0.1) is 12.2 Å². The van der Waals surface area contributed by atoms with E-state index in [0.717, 1.165) is 11.8 Å². The molecule has 1 heterocycles. The number of hydrogen-bond acceptors (Lipinski definition) is 2. The Kier molecular flexibility index (Phi) is 3.41. The molecule has 2 nitrogen and oxygen atoms in total. The van der Waals surface area contributed by atoms with E-state index in [4.69, 9.17) is 17.3 Å². The zero-order chi connectivity index (χ0) is 12.4. The van der Waals surface area contributed by atoms with Gasteiger partial charge in [-0.1, -0.05) is 23.7 Å². The van der Waals surface area contributed by atoms with Crippen LogP contribution in [0.25, 0.3) is 0 Å². The molecule has 2 aromatic rings. The van der Waals surface area contributed by atoms with E-state index >= 15 is 0 Å². The molecule has 2 N–H and O–H groups in total. The maximum Gasteiger partial charge on any atom is 0.146 e. The molecular weight excluding hydrogens is 239 g/mol. The molecule has 0 saturated carbocycles. The van der Waals surface area contributed by atoms with Gasteiger partial charge in [-0.3, -0.25) is 4.98 Å². The van der Waals surface area contributed by atoms with Gasteiger partial charge >= 0.3 is 0 Å². The van der Waals surface area contributed by atoms with Crippen LogP contribution in [0.1, 0.15) is 22.7 Å². The van der Waals surface area contributed by atoms with Gasteiger partial charge in [0.2, 0.25) is 0 Å². The number of halogens is 2. The third-order valence-corrected chi connectivity index (χ3v) is 2.96. The highest BCUT2D eigenvalue weighted by atomic mass is 35.5. The lowest BCUT2D eigenvalue weighted by Crippen LogP contribution is -2.14. The van der Waals surface area contributed by atoms with Crippen LogP contribution in [0.4, 0.5) is 4.39 Å². The van der Waals surface area contributed by atoms with Crippen molar-refractivity contribution in [2.75, 3.05) is 0 Å². The summed E-state index contributed by atoms with van der Waals surface area (Å²) in [6, 6.07) is 6.53. The summed E-state index contributed by atoms with van der Waals surface area (Å²) in [5.74, 6) is -0.420. The Labute approximate surface area is 104 Å². The number of hydrogen-bond donors (Lipinski definition) is 1. The molecule has 17 heavy (non-hydrogen) atoms. The van der Waals surface area contributed by atoms with Gasteiger partial charge in [0, 0.05) is 16.8 Å². The van der Waals surface area contributed by atoms with Crippen molar-refractivity contribution in [1.29, 1.82) is 0 Å². The van der Waals surface area contributed by atoms with Crippen molar-refractivity contribution < 1.29 is 4.39 Å². The molecule has 1 aromatic heterocycles. The van der Waals surface area contributed by atoms with E-state index in [1.54, 1.807) is 6.07 Å². The van der Waals surface area contributed by atoms with Gasteiger partial charge in [-0.2, -0.15) is 0 Å². The summed E-state index contributed by atoms with van der Waals surface area (Å²) in [5.41, 5.74) is 8.16. The number of nitrogens with two attached hydrogens (primary N) is 1. The fraction of sp³-hybridized carbons (Fsp3) is 0.154. The van der Waals surface area contributed by atoms with Gasteiger partial charge in [0.25, 0.3) is 0 Å². The van der Waals surface area contributed by atoms with Crippen LogP contribution in [-0.2, 0) is 0 Å². The number of pyridine rings is 1. The summed E-state index contributed by atoms with van der Waals surface area (Å²) in [6.07, 6.45) is 2.66. The van der Waals surface area contributed by atoms with Gasteiger partial charge in [-0.05, 0) is 30.2 Å². The molecule has 0 radical (unpaired) electrons. The highest BCUT2D eigenvalue weighted by Crippen LogP contribution is 2.28. The molecule has 0 fully saturated rings. The molecule has 2 rings (SSSR count). The van der Waals surface area contributed by atoms with Gasteiger partial charge in [-0.25, -0.2) is 4.39 Å². The summed E-state index contributed by atoms with van der Waals surface area (Å²) in [7, 11) is 0. The molecule has 0 aliphatic carbocycles. The third-order valence-electron chi connectivity index (χ3n) is 2.63. The topological polar surface area (TPSA) is 38.9 Å². The summed E-state index contributed by atoms with van der Waals surface area (Å²) < 4.78 is 13.6. The van der Waals surface area contributed by atoms with Crippen molar-refractivity contribution in [2.24, 2.45) is 5.73 Å². The summed E-state index contributed by atoms with van der Waals surface area (Å²) in [5, 5.41) is 0.550. The Morgan fingerprint density at radius 3 is 2.71 bits per heavy atom. The lowest BCUT2D eigenvalue weighted by Gasteiger charge is -2.15. The number of benzene rings is 1. The van der Waals surface area contributed by atoms with E-state index in [2.05, 4.69) is 4.98 Å². The highest BCUT2D eigenvalue weighted by Gasteiger charge is 2.15. The first kappa shape index (κ1) is 12.0. The van der Waals surface area contributed by atoms with E-state index < -0.39 is 11.9 Å². The summed E-state index contributed by atoms with van der Waals surface area (Å²) >= 11 is 6.11. The van der Waals surface area contributed by atoms with Gasteiger partial charge in [0.1, 0.15) is 5.82 Å². The number of nitrogens with zero attached hydrogens (tertiary/aromatic N) is 1. The van der Waals surface area contributed by atoms with E-state index in [0.29, 0.717) is 16.1 Å². The molecule has 0 bridgehead atoms. The van der Waals surface area contributed by atoms with Crippen LogP contribution in [-0.4, -0.2) is 4.98 Å². The molecule has 0 aliphatic heterocycles. The molecule has 1 aromatic carbocycles. The third kappa shape index (κ3) is 2.46. The van der Waals surface area contributed by atoms with E-state index in [9.17, 15) is 4.39 Å². The fourth-order valence-corrected chi connectivity index (χ4v) is 2.04. The van der Waals surface area contributed by atoms with E-state index in [1.807, 2.05) is 25.1 Å². The molecule has 0 saturated heterocycles. The molecule has 1 unspecified atom stereocenters. The lowest BCUT2D eigenvalue weighted by molar-refractivity contribution is 0.593. The SMILES string of the molecule is Cc1ccc(C(N)c2ccncc2F)c(Cl)c1. The quantitative estimate of drug-likeness (QED) is 0.889. The minimum atomic E-state index is -0.578. The average Bonchev–Trinajstić information content (AvgIpc) is 2.29. The molecule has 88 valence electrons. The van der Waals surface area contributed by atoms with Crippen LogP contribution in [0.3, 0.4) is 0 Å². The monoisotopic (exact) mass is 250 g/mol. The van der Waals surface area contributed by atoms with Crippen molar-refractivity contribution in [1.82, 2.24) is 4.98 Å². The van der Waals surface area contributed by atoms with E-state index in [1.165, 1.54) is 6.20 Å². The van der Waals surface area contributed by atoms with Gasteiger partial charge < -0.3 is 5.73 Å². The van der Waals surface area contributed by atoms with Crippen molar-refractivity contribution in [2.45, 2.75) is 13.0 Å². The van der Waals surface area contributed by atoms with Crippen molar-refractivity contribution >= 4 is 11.6 Å². The predicted molar refractivity (Wildman–Crippen MR) is 66.4 cm³/mol. The summed E-state index contributed by atoms with van der Waals surface area (Å²) in [6.45, 7) is 1.94. The standard InChI is InChI=1S/C13H12ClFN2/c1-8-2-3-9(11(14)6-8)13(16)10-4-5-17-7-12(10)15/h2-7,13H,16H2,1H3. The smallest absolute Gasteiger partial charge is 0.146 e. The zero-order valence-corrected chi connectivity index (χ0v) is 10.1. The second kappa shape index (κ2) is 4.82. The average molecular weight is 251 g/mol. The van der Waals surface area contributed by atoms with Crippen molar-refractivity contribution in [3.63, 3.8) is 0 Å². The van der Waals surface area contributed by atoms with Crippen LogP contribution in [0.5, 0.6) is 0 Å². The molecule has 4 heteroatoms.